The Balaban J connectivity index is 3.89. The lowest BCUT2D eigenvalue weighted by molar-refractivity contribution is -0.290. The summed E-state index contributed by atoms with van der Waals surface area (Å²) in [5, 5.41) is 18.3. The average Bonchev–Trinajstić information content (AvgIpc) is 2.28. The summed E-state index contributed by atoms with van der Waals surface area (Å²) in [6.45, 7) is 7.23. The van der Waals surface area contributed by atoms with Gasteiger partial charge in [-0.05, 0) is 6.92 Å². The molecule has 0 saturated heterocycles. The summed E-state index contributed by atoms with van der Waals surface area (Å²) >= 11 is 0. The molecule has 0 aromatic heterocycles. The molecule has 0 aliphatic heterocycles. The minimum absolute atomic E-state index is 0.109. The van der Waals surface area contributed by atoms with E-state index in [1.54, 1.807) is 0 Å². The monoisotopic (exact) mass is 246 g/mol. The van der Waals surface area contributed by atoms with E-state index in [2.05, 4.69) is 27.7 Å². The highest BCUT2D eigenvalue weighted by Gasteiger charge is 2.21. The maximum absolute atomic E-state index is 10.8. The van der Waals surface area contributed by atoms with E-state index in [1.165, 1.54) is 6.92 Å². The van der Waals surface area contributed by atoms with Crippen molar-refractivity contribution in [2.24, 2.45) is 0 Å². The number of ether oxygens (including phenoxy) is 1. The van der Waals surface area contributed by atoms with Gasteiger partial charge in [-0.25, -0.2) is 9.59 Å². The summed E-state index contributed by atoms with van der Waals surface area (Å²) in [7, 11) is 0. The highest BCUT2D eigenvalue weighted by atomic mass is 17.2. The lowest BCUT2D eigenvalue weighted by atomic mass is 10.4. The van der Waals surface area contributed by atoms with E-state index in [-0.39, 0.29) is 5.57 Å². The van der Waals surface area contributed by atoms with E-state index >= 15 is 0 Å². The molecule has 0 aromatic carbocycles. The number of carbonyl (C=O) groups excluding carboxylic acids is 2. The van der Waals surface area contributed by atoms with Crippen molar-refractivity contribution in [3.8, 4) is 0 Å². The first-order chi connectivity index (χ1) is 7.88. The molecule has 7 heteroatoms. The SMILES string of the molecule is C=CC(=O)OC(O)C(O)COOC(=O)C(=C)C. The van der Waals surface area contributed by atoms with E-state index in [0.717, 1.165) is 6.08 Å². The molecule has 0 spiro atoms. The fraction of sp³-hybridized carbons (Fsp3) is 0.400. The van der Waals surface area contributed by atoms with Crippen LogP contribution in [0, 0.1) is 0 Å². The second-order valence-electron chi connectivity index (χ2n) is 3.03. The predicted octanol–water partition coefficient (Wildman–Crippen LogP) is -0.554. The van der Waals surface area contributed by atoms with Crippen LogP contribution in [0.2, 0.25) is 0 Å². The number of hydrogen-bond acceptors (Lipinski definition) is 7. The molecule has 0 amide bonds. The summed E-state index contributed by atoms with van der Waals surface area (Å²) in [5.41, 5.74) is 0.109. The lowest BCUT2D eigenvalue weighted by Gasteiger charge is -2.16. The van der Waals surface area contributed by atoms with Crippen LogP contribution in [0.3, 0.4) is 0 Å². The third kappa shape index (κ3) is 6.46. The highest BCUT2D eigenvalue weighted by molar-refractivity contribution is 5.86. The summed E-state index contributed by atoms with van der Waals surface area (Å²) in [5.74, 6) is -1.72. The first-order valence-corrected chi connectivity index (χ1v) is 4.57. The van der Waals surface area contributed by atoms with Gasteiger partial charge in [-0.15, -0.1) is 0 Å². The van der Waals surface area contributed by atoms with Gasteiger partial charge < -0.3 is 14.9 Å². The maximum atomic E-state index is 10.8. The fourth-order valence-corrected chi connectivity index (χ4v) is 0.556. The Bertz CT molecular complexity index is 310. The van der Waals surface area contributed by atoms with Crippen LogP contribution < -0.4 is 0 Å². The van der Waals surface area contributed by atoms with Gasteiger partial charge in [-0.1, -0.05) is 13.2 Å². The van der Waals surface area contributed by atoms with E-state index in [0.29, 0.717) is 0 Å². The molecule has 0 fully saturated rings. The first-order valence-electron chi connectivity index (χ1n) is 4.57. The van der Waals surface area contributed by atoms with Crippen molar-refractivity contribution >= 4 is 11.9 Å². The molecule has 17 heavy (non-hydrogen) atoms. The van der Waals surface area contributed by atoms with Crippen molar-refractivity contribution in [3.05, 3.63) is 24.8 Å². The van der Waals surface area contributed by atoms with Crippen LogP contribution in [0.4, 0.5) is 0 Å². The second-order valence-corrected chi connectivity index (χ2v) is 3.03. The van der Waals surface area contributed by atoms with Crippen LogP contribution in [-0.2, 0) is 24.1 Å². The minimum atomic E-state index is -1.80. The molecule has 0 aromatic rings. The zero-order valence-electron chi connectivity index (χ0n) is 9.29. The second kappa shape index (κ2) is 7.55. The summed E-state index contributed by atoms with van der Waals surface area (Å²) in [4.78, 5) is 30.0. The van der Waals surface area contributed by atoms with Gasteiger partial charge in [-0.2, -0.15) is 4.89 Å². The van der Waals surface area contributed by atoms with Crippen molar-refractivity contribution in [3.63, 3.8) is 0 Å². The molecule has 2 N–H and O–H groups in total. The zero-order valence-corrected chi connectivity index (χ0v) is 9.29. The van der Waals surface area contributed by atoms with Crippen LogP contribution in [0.25, 0.3) is 0 Å². The van der Waals surface area contributed by atoms with Gasteiger partial charge in [0.15, 0.2) is 0 Å². The molecular weight excluding hydrogens is 232 g/mol. The molecular formula is C10H14O7. The van der Waals surface area contributed by atoms with Gasteiger partial charge in [0.2, 0.25) is 6.29 Å². The zero-order chi connectivity index (χ0) is 13.4. The van der Waals surface area contributed by atoms with E-state index < -0.39 is 30.9 Å². The number of rotatable bonds is 7. The van der Waals surface area contributed by atoms with Crippen molar-refractivity contribution in [1.82, 2.24) is 0 Å². The van der Waals surface area contributed by atoms with Crippen molar-refractivity contribution in [1.29, 1.82) is 0 Å². The molecule has 0 saturated carbocycles. The molecule has 0 bridgehead atoms. The Morgan fingerprint density at radius 2 is 2.00 bits per heavy atom. The van der Waals surface area contributed by atoms with Gasteiger partial charge in [0.25, 0.3) is 0 Å². The number of esters is 1. The van der Waals surface area contributed by atoms with E-state index in [1.807, 2.05) is 0 Å². The van der Waals surface area contributed by atoms with Gasteiger partial charge in [0, 0.05) is 11.6 Å². The standard InChI is InChI=1S/C10H14O7/c1-4-8(12)16-10(14)7(11)5-15-17-9(13)6(2)3/h4,7,10-11,14H,1-2,5H2,3H3. The quantitative estimate of drug-likeness (QED) is 0.204. The number of aliphatic hydroxyl groups excluding tert-OH is 2. The van der Waals surface area contributed by atoms with Crippen LogP contribution in [0.1, 0.15) is 6.92 Å². The molecule has 7 nitrogen and oxygen atoms in total. The van der Waals surface area contributed by atoms with Gasteiger partial charge in [0.1, 0.15) is 12.7 Å². The Morgan fingerprint density at radius 1 is 1.41 bits per heavy atom. The molecule has 2 unspecified atom stereocenters. The largest absolute Gasteiger partial charge is 0.430 e. The van der Waals surface area contributed by atoms with Crippen LogP contribution in [0.5, 0.6) is 0 Å². The topological polar surface area (TPSA) is 102 Å². The Labute approximate surface area is 97.8 Å². The molecule has 0 rings (SSSR count). The average molecular weight is 246 g/mol. The molecule has 2 atom stereocenters. The fourth-order valence-electron chi connectivity index (χ4n) is 0.556. The maximum Gasteiger partial charge on any atom is 0.368 e. The normalized spacial score (nSPS) is 13.4. The smallest absolute Gasteiger partial charge is 0.368 e. The first kappa shape index (κ1) is 15.3. The number of hydrogen-bond donors (Lipinski definition) is 2. The predicted molar refractivity (Wildman–Crippen MR) is 55.2 cm³/mol. The van der Waals surface area contributed by atoms with Crippen molar-refractivity contribution < 1.29 is 34.3 Å². The van der Waals surface area contributed by atoms with E-state index in [4.69, 9.17) is 5.11 Å². The van der Waals surface area contributed by atoms with E-state index in [9.17, 15) is 14.7 Å². The molecule has 0 aliphatic carbocycles. The van der Waals surface area contributed by atoms with Crippen LogP contribution in [0.15, 0.2) is 24.8 Å². The summed E-state index contributed by atoms with van der Waals surface area (Å²) < 4.78 is 4.28. The molecule has 0 radical (unpaired) electrons. The minimum Gasteiger partial charge on any atom is -0.430 e. The lowest BCUT2D eigenvalue weighted by Crippen LogP contribution is -2.34. The third-order valence-corrected chi connectivity index (χ3v) is 1.45. The van der Waals surface area contributed by atoms with Crippen molar-refractivity contribution in [2.45, 2.75) is 19.3 Å². The number of aliphatic hydroxyl groups is 2. The Morgan fingerprint density at radius 3 is 2.47 bits per heavy atom. The molecule has 96 valence electrons. The van der Waals surface area contributed by atoms with Crippen LogP contribution >= 0.6 is 0 Å². The Kier molecular flexibility index (Phi) is 6.80. The third-order valence-electron chi connectivity index (χ3n) is 1.45. The van der Waals surface area contributed by atoms with Gasteiger partial charge in [0.05, 0.1) is 0 Å². The highest BCUT2D eigenvalue weighted by Crippen LogP contribution is 2.00. The summed E-state index contributed by atoms with van der Waals surface area (Å²) in [6.07, 6.45) is -2.54. The molecule has 0 heterocycles. The van der Waals surface area contributed by atoms with Crippen molar-refractivity contribution in [2.75, 3.05) is 6.61 Å². The van der Waals surface area contributed by atoms with Crippen LogP contribution in [-0.4, -0.2) is 41.2 Å². The van der Waals surface area contributed by atoms with Gasteiger partial charge >= 0.3 is 11.9 Å². The Hall–Kier alpha value is -1.70. The summed E-state index contributed by atoms with van der Waals surface area (Å²) in [6, 6.07) is 0. The number of carbonyl (C=O) groups is 2. The molecule has 0 aliphatic rings. The van der Waals surface area contributed by atoms with Gasteiger partial charge in [-0.3, -0.25) is 4.89 Å².